The van der Waals surface area contributed by atoms with Crippen LogP contribution in [0.5, 0.6) is 0 Å². The van der Waals surface area contributed by atoms with E-state index in [1.54, 1.807) is 25.1 Å². The number of carbonyl (C=O) groups is 1. The first-order valence-electron chi connectivity index (χ1n) is 9.15. The van der Waals surface area contributed by atoms with E-state index in [0.717, 1.165) is 23.8 Å². The highest BCUT2D eigenvalue weighted by atomic mass is 32.2. The molecule has 0 fully saturated rings. The Labute approximate surface area is 178 Å². The van der Waals surface area contributed by atoms with Crippen LogP contribution in [0.3, 0.4) is 0 Å². The van der Waals surface area contributed by atoms with Crippen molar-refractivity contribution in [3.05, 3.63) is 89.0 Å². The van der Waals surface area contributed by atoms with E-state index in [0.29, 0.717) is 16.8 Å². The van der Waals surface area contributed by atoms with Gasteiger partial charge in [0.25, 0.3) is 15.9 Å². The summed E-state index contributed by atoms with van der Waals surface area (Å²) in [5.74, 6) is -0.338. The average molecular weight is 448 g/mol. The van der Waals surface area contributed by atoms with Gasteiger partial charge < -0.3 is 5.32 Å². The molecule has 0 saturated heterocycles. The molecule has 162 valence electrons. The minimum absolute atomic E-state index is 0.112. The van der Waals surface area contributed by atoms with Gasteiger partial charge in [0.15, 0.2) is 0 Å². The SMILES string of the molecule is Cc1ccccc1C(=O)Nc1ccc(S(=O)(=O)Nc2cccc(C(F)(F)F)c2)c(C)c1. The molecule has 3 aromatic rings. The molecule has 0 radical (unpaired) electrons. The molecular weight excluding hydrogens is 429 g/mol. The summed E-state index contributed by atoms with van der Waals surface area (Å²) in [4.78, 5) is 12.3. The molecule has 0 unspecified atom stereocenters. The van der Waals surface area contributed by atoms with Crippen molar-refractivity contribution in [3.63, 3.8) is 0 Å². The standard InChI is InChI=1S/C22H19F3N2O3S/c1-14-6-3-4-9-19(14)21(28)26-17-10-11-20(15(2)12-17)31(29,30)27-18-8-5-7-16(13-18)22(23,24)25/h3-13,27H,1-2H3,(H,26,28). The second-order valence-corrected chi connectivity index (χ2v) is 8.58. The number of hydrogen-bond acceptors (Lipinski definition) is 3. The third-order valence-electron chi connectivity index (χ3n) is 4.55. The Morgan fingerprint density at radius 1 is 0.839 bits per heavy atom. The summed E-state index contributed by atoms with van der Waals surface area (Å²) < 4.78 is 66.2. The summed E-state index contributed by atoms with van der Waals surface area (Å²) in [6.07, 6.45) is -4.59. The van der Waals surface area contributed by atoms with Crippen molar-refractivity contribution < 1.29 is 26.4 Å². The van der Waals surface area contributed by atoms with Crippen LogP contribution in [0.2, 0.25) is 0 Å². The topological polar surface area (TPSA) is 75.3 Å². The molecule has 2 N–H and O–H groups in total. The van der Waals surface area contributed by atoms with Gasteiger partial charge >= 0.3 is 6.18 Å². The number of aryl methyl sites for hydroxylation is 2. The molecule has 0 heterocycles. The first kappa shape index (κ1) is 22.4. The Morgan fingerprint density at radius 3 is 2.19 bits per heavy atom. The minimum atomic E-state index is -4.59. The third kappa shape index (κ3) is 5.24. The maximum absolute atomic E-state index is 12.9. The van der Waals surface area contributed by atoms with E-state index in [2.05, 4.69) is 10.0 Å². The molecule has 3 aromatic carbocycles. The van der Waals surface area contributed by atoms with Gasteiger partial charge in [0.05, 0.1) is 10.5 Å². The molecule has 0 aliphatic heterocycles. The molecule has 0 aromatic heterocycles. The molecule has 0 spiro atoms. The van der Waals surface area contributed by atoms with Gasteiger partial charge in [-0.05, 0) is 67.4 Å². The maximum Gasteiger partial charge on any atom is 0.416 e. The minimum Gasteiger partial charge on any atom is -0.322 e. The number of hydrogen-bond donors (Lipinski definition) is 2. The van der Waals surface area contributed by atoms with E-state index in [1.165, 1.54) is 31.2 Å². The van der Waals surface area contributed by atoms with Crippen LogP contribution >= 0.6 is 0 Å². The molecule has 0 saturated carbocycles. The molecule has 0 aliphatic rings. The van der Waals surface area contributed by atoms with Gasteiger partial charge in [-0.2, -0.15) is 13.2 Å². The van der Waals surface area contributed by atoms with Crippen LogP contribution in [0.4, 0.5) is 24.5 Å². The predicted molar refractivity (Wildman–Crippen MR) is 113 cm³/mol. The van der Waals surface area contributed by atoms with Crippen LogP contribution in [-0.4, -0.2) is 14.3 Å². The van der Waals surface area contributed by atoms with Gasteiger partial charge in [-0.25, -0.2) is 8.42 Å². The van der Waals surface area contributed by atoms with Crippen LogP contribution in [-0.2, 0) is 16.2 Å². The van der Waals surface area contributed by atoms with E-state index < -0.39 is 21.8 Å². The van der Waals surface area contributed by atoms with Crippen molar-refractivity contribution in [2.45, 2.75) is 24.9 Å². The van der Waals surface area contributed by atoms with Gasteiger partial charge in [-0.3, -0.25) is 9.52 Å². The molecule has 9 heteroatoms. The smallest absolute Gasteiger partial charge is 0.322 e. The number of anilines is 2. The normalized spacial score (nSPS) is 11.8. The summed E-state index contributed by atoms with van der Waals surface area (Å²) in [6.45, 7) is 3.33. The highest BCUT2D eigenvalue weighted by Gasteiger charge is 2.30. The number of amides is 1. The fourth-order valence-electron chi connectivity index (χ4n) is 3.02. The summed E-state index contributed by atoms with van der Waals surface area (Å²) in [5.41, 5.74) is 0.833. The summed E-state index contributed by atoms with van der Waals surface area (Å²) >= 11 is 0. The lowest BCUT2D eigenvalue weighted by molar-refractivity contribution is -0.137. The largest absolute Gasteiger partial charge is 0.416 e. The van der Waals surface area contributed by atoms with E-state index >= 15 is 0 Å². The predicted octanol–water partition coefficient (Wildman–Crippen LogP) is 5.38. The van der Waals surface area contributed by atoms with Gasteiger partial charge in [-0.1, -0.05) is 24.3 Å². The fraction of sp³-hybridized carbons (Fsp3) is 0.136. The number of alkyl halides is 3. The Balaban J connectivity index is 1.82. The molecule has 5 nitrogen and oxygen atoms in total. The lowest BCUT2D eigenvalue weighted by Gasteiger charge is -2.14. The van der Waals surface area contributed by atoms with E-state index in [1.807, 2.05) is 6.07 Å². The van der Waals surface area contributed by atoms with Crippen molar-refractivity contribution in [1.82, 2.24) is 0 Å². The highest BCUT2D eigenvalue weighted by Crippen LogP contribution is 2.31. The maximum atomic E-state index is 12.9. The van der Waals surface area contributed by atoms with Crippen molar-refractivity contribution in [2.75, 3.05) is 10.0 Å². The second-order valence-electron chi connectivity index (χ2n) is 6.93. The summed E-state index contributed by atoms with van der Waals surface area (Å²) in [7, 11) is -4.14. The molecule has 1 amide bonds. The van der Waals surface area contributed by atoms with Gasteiger partial charge in [0.1, 0.15) is 0 Å². The Bertz CT molecular complexity index is 1240. The molecule has 0 atom stereocenters. The zero-order chi connectivity index (χ0) is 22.8. The monoisotopic (exact) mass is 448 g/mol. The van der Waals surface area contributed by atoms with Crippen LogP contribution in [0.15, 0.2) is 71.6 Å². The quantitative estimate of drug-likeness (QED) is 0.551. The number of sulfonamides is 1. The fourth-order valence-corrected chi connectivity index (χ4v) is 4.30. The number of halogens is 3. The second kappa shape index (κ2) is 8.43. The number of carbonyl (C=O) groups excluding carboxylic acids is 1. The zero-order valence-corrected chi connectivity index (χ0v) is 17.4. The van der Waals surface area contributed by atoms with Crippen LogP contribution in [0.1, 0.15) is 27.0 Å². The lowest BCUT2D eigenvalue weighted by atomic mass is 10.1. The number of nitrogens with one attached hydrogen (secondary N) is 2. The highest BCUT2D eigenvalue weighted by molar-refractivity contribution is 7.92. The van der Waals surface area contributed by atoms with Crippen molar-refractivity contribution >= 4 is 27.3 Å². The van der Waals surface area contributed by atoms with Crippen LogP contribution in [0.25, 0.3) is 0 Å². The molecule has 3 rings (SSSR count). The molecular formula is C22H19F3N2O3S. The Morgan fingerprint density at radius 2 is 1.55 bits per heavy atom. The van der Waals surface area contributed by atoms with Crippen molar-refractivity contribution in [1.29, 1.82) is 0 Å². The lowest BCUT2D eigenvalue weighted by Crippen LogP contribution is -2.16. The number of benzene rings is 3. The van der Waals surface area contributed by atoms with Gasteiger partial charge in [0, 0.05) is 16.9 Å². The van der Waals surface area contributed by atoms with Crippen molar-refractivity contribution in [3.8, 4) is 0 Å². The average Bonchev–Trinajstić information content (AvgIpc) is 2.67. The third-order valence-corrected chi connectivity index (χ3v) is 6.10. The van der Waals surface area contributed by atoms with Gasteiger partial charge in [0.2, 0.25) is 0 Å². The molecule has 0 bridgehead atoms. The van der Waals surface area contributed by atoms with E-state index in [-0.39, 0.29) is 16.5 Å². The van der Waals surface area contributed by atoms with E-state index in [9.17, 15) is 26.4 Å². The Hall–Kier alpha value is -3.33. The molecule has 31 heavy (non-hydrogen) atoms. The zero-order valence-electron chi connectivity index (χ0n) is 16.6. The van der Waals surface area contributed by atoms with Crippen molar-refractivity contribution in [2.24, 2.45) is 0 Å². The van der Waals surface area contributed by atoms with E-state index in [4.69, 9.17) is 0 Å². The first-order valence-corrected chi connectivity index (χ1v) is 10.6. The number of rotatable bonds is 5. The summed E-state index contributed by atoms with van der Waals surface area (Å²) in [5, 5.41) is 2.71. The molecule has 0 aliphatic carbocycles. The van der Waals surface area contributed by atoms with Gasteiger partial charge in [-0.15, -0.1) is 0 Å². The first-order chi connectivity index (χ1) is 14.5. The summed E-state index contributed by atoms with van der Waals surface area (Å²) in [6, 6.07) is 15.2. The van der Waals surface area contributed by atoms with Crippen LogP contribution in [0, 0.1) is 13.8 Å². The van der Waals surface area contributed by atoms with Crippen LogP contribution < -0.4 is 10.0 Å². The Kier molecular flexibility index (Phi) is 6.08.